The van der Waals surface area contributed by atoms with E-state index in [1.807, 2.05) is 49.5 Å². The molecule has 0 aliphatic rings. The Labute approximate surface area is 180 Å². The molecule has 0 saturated carbocycles. The number of aryl methyl sites for hydroxylation is 1. The third kappa shape index (κ3) is 5.10. The molecule has 0 aliphatic carbocycles. The van der Waals surface area contributed by atoms with E-state index in [-0.39, 0.29) is 5.91 Å². The van der Waals surface area contributed by atoms with Gasteiger partial charge < -0.3 is 15.0 Å². The van der Waals surface area contributed by atoms with Crippen LogP contribution < -0.4 is 5.32 Å². The summed E-state index contributed by atoms with van der Waals surface area (Å²) in [6.07, 6.45) is 5.04. The standard InChI is InChI=1S/C23H25N3O3S/c1-4-6-19-20(23(28)29-3)15(2)25-21(19)22(27)26-17-8-10-18(11-9-17)30-14-16-7-5-12-24-13-16/h5,7-13,25H,4,6,14H2,1-3H3,(H,26,27). The summed E-state index contributed by atoms with van der Waals surface area (Å²) in [6, 6.07) is 11.7. The number of aromatic nitrogens is 2. The quantitative estimate of drug-likeness (QED) is 0.393. The molecule has 0 spiro atoms. The molecule has 0 aliphatic heterocycles. The van der Waals surface area contributed by atoms with Crippen LogP contribution in [0.3, 0.4) is 0 Å². The van der Waals surface area contributed by atoms with E-state index in [0.29, 0.717) is 34.6 Å². The second-order valence-corrected chi connectivity index (χ2v) is 7.90. The van der Waals surface area contributed by atoms with Crippen LogP contribution >= 0.6 is 11.8 Å². The monoisotopic (exact) mass is 423 g/mol. The van der Waals surface area contributed by atoms with Crippen molar-refractivity contribution in [1.29, 1.82) is 0 Å². The summed E-state index contributed by atoms with van der Waals surface area (Å²) in [5.41, 5.74) is 4.05. The van der Waals surface area contributed by atoms with Crippen LogP contribution in [-0.2, 0) is 16.9 Å². The van der Waals surface area contributed by atoms with Gasteiger partial charge in [-0.15, -0.1) is 11.8 Å². The van der Waals surface area contributed by atoms with Gasteiger partial charge in [0.1, 0.15) is 5.69 Å². The lowest BCUT2D eigenvalue weighted by Gasteiger charge is -2.08. The van der Waals surface area contributed by atoms with Crippen molar-refractivity contribution in [1.82, 2.24) is 9.97 Å². The van der Waals surface area contributed by atoms with Crippen LogP contribution in [0.4, 0.5) is 5.69 Å². The van der Waals surface area contributed by atoms with Crippen molar-refractivity contribution in [2.75, 3.05) is 12.4 Å². The molecule has 6 nitrogen and oxygen atoms in total. The summed E-state index contributed by atoms with van der Waals surface area (Å²) < 4.78 is 4.89. The summed E-state index contributed by atoms with van der Waals surface area (Å²) >= 11 is 1.71. The van der Waals surface area contributed by atoms with Gasteiger partial charge in [-0.25, -0.2) is 4.79 Å². The highest BCUT2D eigenvalue weighted by Crippen LogP contribution is 2.25. The number of pyridine rings is 1. The van der Waals surface area contributed by atoms with Crippen molar-refractivity contribution in [3.63, 3.8) is 0 Å². The minimum Gasteiger partial charge on any atom is -0.465 e. The van der Waals surface area contributed by atoms with Gasteiger partial charge in [-0.05, 0) is 54.8 Å². The third-order valence-electron chi connectivity index (χ3n) is 4.65. The van der Waals surface area contributed by atoms with E-state index in [1.54, 1.807) is 24.9 Å². The average molecular weight is 424 g/mol. The second-order valence-electron chi connectivity index (χ2n) is 6.85. The van der Waals surface area contributed by atoms with E-state index in [4.69, 9.17) is 4.74 Å². The van der Waals surface area contributed by atoms with Crippen LogP contribution in [0.5, 0.6) is 0 Å². The van der Waals surface area contributed by atoms with E-state index in [0.717, 1.165) is 22.6 Å². The maximum atomic E-state index is 12.9. The summed E-state index contributed by atoms with van der Waals surface area (Å²) in [7, 11) is 1.35. The zero-order chi connectivity index (χ0) is 21.5. The zero-order valence-corrected chi connectivity index (χ0v) is 18.1. The average Bonchev–Trinajstić information content (AvgIpc) is 3.10. The normalized spacial score (nSPS) is 10.6. The van der Waals surface area contributed by atoms with E-state index < -0.39 is 5.97 Å². The van der Waals surface area contributed by atoms with Crippen LogP contribution in [0.15, 0.2) is 53.7 Å². The number of ether oxygens (including phenoxy) is 1. The minimum atomic E-state index is -0.429. The molecule has 0 bridgehead atoms. The zero-order valence-electron chi connectivity index (χ0n) is 17.3. The molecule has 3 aromatic rings. The molecule has 2 aromatic heterocycles. The first kappa shape index (κ1) is 21.6. The molecule has 1 aromatic carbocycles. The first-order valence-electron chi connectivity index (χ1n) is 9.76. The van der Waals surface area contributed by atoms with Crippen LogP contribution in [-0.4, -0.2) is 29.0 Å². The van der Waals surface area contributed by atoms with Gasteiger partial charge in [-0.2, -0.15) is 0 Å². The third-order valence-corrected chi connectivity index (χ3v) is 5.73. The van der Waals surface area contributed by atoms with Crippen molar-refractivity contribution in [3.05, 3.63) is 76.9 Å². The van der Waals surface area contributed by atoms with E-state index in [1.165, 1.54) is 7.11 Å². The van der Waals surface area contributed by atoms with Crippen molar-refractivity contribution in [2.45, 2.75) is 37.3 Å². The Hall–Kier alpha value is -3.06. The molecule has 3 rings (SSSR count). The Morgan fingerprint density at radius 1 is 1.20 bits per heavy atom. The Balaban J connectivity index is 1.70. The molecule has 0 radical (unpaired) electrons. The Morgan fingerprint density at radius 2 is 1.97 bits per heavy atom. The molecule has 2 heterocycles. The van der Waals surface area contributed by atoms with Crippen LogP contribution in [0, 0.1) is 6.92 Å². The number of carbonyl (C=O) groups excluding carboxylic acids is 2. The lowest BCUT2D eigenvalue weighted by molar-refractivity contribution is 0.0599. The second kappa shape index (κ2) is 10.1. The number of thioether (sulfide) groups is 1. The number of carbonyl (C=O) groups is 2. The van der Waals surface area contributed by atoms with Gasteiger partial charge in [0.25, 0.3) is 5.91 Å². The van der Waals surface area contributed by atoms with Crippen LogP contribution in [0.2, 0.25) is 0 Å². The van der Waals surface area contributed by atoms with Gasteiger partial charge in [0.2, 0.25) is 0 Å². The highest BCUT2D eigenvalue weighted by molar-refractivity contribution is 7.98. The number of methoxy groups -OCH3 is 1. The van der Waals surface area contributed by atoms with Gasteiger partial charge in [0.15, 0.2) is 0 Å². The van der Waals surface area contributed by atoms with Crippen LogP contribution in [0.1, 0.15) is 51.0 Å². The Bertz CT molecular complexity index is 1010. The van der Waals surface area contributed by atoms with Crippen LogP contribution in [0.25, 0.3) is 0 Å². The highest BCUT2D eigenvalue weighted by Gasteiger charge is 2.24. The van der Waals surface area contributed by atoms with Crippen molar-refractivity contribution < 1.29 is 14.3 Å². The highest BCUT2D eigenvalue weighted by atomic mass is 32.2. The van der Waals surface area contributed by atoms with Crippen molar-refractivity contribution in [3.8, 4) is 0 Å². The predicted molar refractivity (Wildman–Crippen MR) is 119 cm³/mol. The first-order valence-corrected chi connectivity index (χ1v) is 10.7. The van der Waals surface area contributed by atoms with Gasteiger partial charge >= 0.3 is 5.97 Å². The number of benzene rings is 1. The molecule has 7 heteroatoms. The molecule has 156 valence electrons. The van der Waals surface area contributed by atoms with Gasteiger partial charge in [0, 0.05) is 34.4 Å². The smallest absolute Gasteiger partial charge is 0.339 e. The number of esters is 1. The Morgan fingerprint density at radius 3 is 2.60 bits per heavy atom. The molecule has 1 amide bonds. The molecule has 0 fully saturated rings. The van der Waals surface area contributed by atoms with Gasteiger partial charge in [-0.3, -0.25) is 9.78 Å². The number of hydrogen-bond donors (Lipinski definition) is 2. The predicted octanol–water partition coefficient (Wildman–Crippen LogP) is 5.00. The van der Waals surface area contributed by atoms with Gasteiger partial charge in [-0.1, -0.05) is 19.4 Å². The molecule has 0 atom stereocenters. The molecular formula is C23H25N3O3S. The van der Waals surface area contributed by atoms with Crippen molar-refractivity contribution in [2.24, 2.45) is 0 Å². The number of H-pyrrole nitrogens is 1. The lowest BCUT2D eigenvalue weighted by Crippen LogP contribution is -2.15. The van der Waals surface area contributed by atoms with Gasteiger partial charge in [0.05, 0.1) is 12.7 Å². The number of anilines is 1. The topological polar surface area (TPSA) is 84.1 Å². The fourth-order valence-corrected chi connectivity index (χ4v) is 4.06. The number of nitrogens with one attached hydrogen (secondary N) is 2. The summed E-state index contributed by atoms with van der Waals surface area (Å²) in [5.74, 6) is 0.131. The largest absolute Gasteiger partial charge is 0.465 e. The van der Waals surface area contributed by atoms with E-state index >= 15 is 0 Å². The molecule has 30 heavy (non-hydrogen) atoms. The number of rotatable bonds is 8. The maximum Gasteiger partial charge on any atom is 0.339 e. The number of hydrogen-bond acceptors (Lipinski definition) is 5. The number of nitrogens with zero attached hydrogens (tertiary/aromatic N) is 1. The summed E-state index contributed by atoms with van der Waals surface area (Å²) in [5, 5.41) is 2.91. The lowest BCUT2D eigenvalue weighted by atomic mass is 10.0. The molecule has 0 unspecified atom stereocenters. The first-order chi connectivity index (χ1) is 14.5. The maximum absolute atomic E-state index is 12.9. The fraction of sp³-hybridized carbons (Fsp3) is 0.261. The molecule has 2 N–H and O–H groups in total. The summed E-state index contributed by atoms with van der Waals surface area (Å²) in [6.45, 7) is 3.78. The fourth-order valence-electron chi connectivity index (χ4n) is 3.23. The Kier molecular flexibility index (Phi) is 7.30. The SMILES string of the molecule is CCCc1c(C(=O)Nc2ccc(SCc3cccnc3)cc2)[nH]c(C)c1C(=O)OC. The van der Waals surface area contributed by atoms with E-state index in [9.17, 15) is 9.59 Å². The molecule has 0 saturated heterocycles. The van der Waals surface area contributed by atoms with E-state index in [2.05, 4.69) is 15.3 Å². The summed E-state index contributed by atoms with van der Waals surface area (Å²) in [4.78, 5) is 33.3. The number of aromatic amines is 1. The molecular weight excluding hydrogens is 398 g/mol. The van der Waals surface area contributed by atoms with Crippen molar-refractivity contribution >= 4 is 29.3 Å². The minimum absolute atomic E-state index is 0.271. The number of amides is 1.